The molecule has 2 heteroatoms. The van der Waals surface area contributed by atoms with Gasteiger partial charge in [-0.1, -0.05) is 0 Å². The lowest BCUT2D eigenvalue weighted by Gasteiger charge is -2.26. The second kappa shape index (κ2) is 1.58. The molecular weight excluding hydrogens is 78.0 g/mol. The Balaban J connectivity index is 2.01. The fraction of sp³-hybridized carbons (Fsp3) is 0.750. The van der Waals surface area contributed by atoms with Gasteiger partial charge in [0, 0.05) is 13.1 Å². The van der Waals surface area contributed by atoms with E-state index in [4.69, 9.17) is 5.11 Å². The molecule has 1 saturated heterocycles. The molecule has 0 bridgehead atoms. The van der Waals surface area contributed by atoms with Gasteiger partial charge in [0.15, 0.2) is 0 Å². The van der Waals surface area contributed by atoms with Gasteiger partial charge in [-0.2, -0.15) is 0 Å². The third-order valence-electron chi connectivity index (χ3n) is 1.05. The smallest absolute Gasteiger partial charge is 0.147 e. The van der Waals surface area contributed by atoms with Crippen molar-refractivity contribution in [2.24, 2.45) is 0 Å². The molecule has 35 valence electrons. The summed E-state index contributed by atoms with van der Waals surface area (Å²) in [5, 5.41) is 8.19. The van der Waals surface area contributed by atoms with E-state index >= 15 is 0 Å². The molecule has 1 fully saturated rings. The third kappa shape index (κ3) is 0.533. The largest absolute Gasteiger partial charge is 0.374 e. The Morgan fingerprint density at radius 3 is 2.17 bits per heavy atom. The Morgan fingerprint density at radius 1 is 1.50 bits per heavy atom. The van der Waals surface area contributed by atoms with Gasteiger partial charge in [0.1, 0.15) is 6.73 Å². The Labute approximate surface area is 37.4 Å². The lowest BCUT2D eigenvalue weighted by atomic mass is 10.2. The van der Waals surface area contributed by atoms with Gasteiger partial charge in [-0.05, 0) is 6.42 Å². The first kappa shape index (κ1) is 4.09. The maximum Gasteiger partial charge on any atom is 0.147 e. The van der Waals surface area contributed by atoms with Gasteiger partial charge in [0.25, 0.3) is 0 Å². The third-order valence-corrected chi connectivity index (χ3v) is 1.05. The minimum atomic E-state index is 1.04. The van der Waals surface area contributed by atoms with Crippen molar-refractivity contribution in [1.82, 2.24) is 4.90 Å². The fourth-order valence-electron chi connectivity index (χ4n) is 0.456. The van der Waals surface area contributed by atoms with Gasteiger partial charge in [0.05, 0.1) is 0 Å². The lowest BCUT2D eigenvalue weighted by molar-refractivity contribution is 0.127. The number of rotatable bonds is 1. The Hall–Kier alpha value is -0.0800. The van der Waals surface area contributed by atoms with E-state index in [2.05, 4.69) is 0 Å². The number of nitrogens with zero attached hydrogens (tertiary/aromatic N) is 1. The highest BCUT2D eigenvalue weighted by Crippen LogP contribution is 2.04. The Morgan fingerprint density at radius 2 is 2.17 bits per heavy atom. The fourth-order valence-corrected chi connectivity index (χ4v) is 0.456. The molecule has 0 aromatic heterocycles. The van der Waals surface area contributed by atoms with Crippen LogP contribution in [0.4, 0.5) is 0 Å². The van der Waals surface area contributed by atoms with Crippen molar-refractivity contribution in [3.8, 4) is 0 Å². The van der Waals surface area contributed by atoms with Crippen LogP contribution in [0.15, 0.2) is 0 Å². The molecule has 1 N–H and O–H groups in total. The molecule has 1 aliphatic heterocycles. The van der Waals surface area contributed by atoms with Crippen LogP contribution in [0.2, 0.25) is 0 Å². The number of aliphatic hydroxyl groups excluding tert-OH is 1. The van der Waals surface area contributed by atoms with Gasteiger partial charge >= 0.3 is 0 Å². The average Bonchev–Trinajstić information content (AvgIpc) is 1.31. The molecule has 1 radical (unpaired) electrons. The van der Waals surface area contributed by atoms with Crippen molar-refractivity contribution >= 4 is 0 Å². The second-order valence-electron chi connectivity index (χ2n) is 1.50. The summed E-state index contributed by atoms with van der Waals surface area (Å²) < 4.78 is 0. The highest BCUT2D eigenvalue weighted by atomic mass is 16.3. The first-order valence-corrected chi connectivity index (χ1v) is 2.15. The van der Waals surface area contributed by atoms with E-state index in [0.29, 0.717) is 0 Å². The summed E-state index contributed by atoms with van der Waals surface area (Å²) in [5.41, 5.74) is 0. The van der Waals surface area contributed by atoms with E-state index in [1.807, 2.05) is 4.90 Å². The van der Waals surface area contributed by atoms with Crippen LogP contribution in [0.1, 0.15) is 6.42 Å². The molecule has 1 heterocycles. The molecule has 6 heavy (non-hydrogen) atoms. The molecule has 0 atom stereocenters. The molecule has 0 aliphatic carbocycles. The van der Waals surface area contributed by atoms with Crippen LogP contribution in [0.3, 0.4) is 0 Å². The van der Waals surface area contributed by atoms with E-state index < -0.39 is 0 Å². The van der Waals surface area contributed by atoms with E-state index in [1.54, 1.807) is 0 Å². The standard InChI is InChI=1S/C4H8NO/c6-4-5-2-1-3-5/h4,6H,1-3H2. The molecule has 0 saturated carbocycles. The van der Waals surface area contributed by atoms with Gasteiger partial charge in [-0.3, -0.25) is 4.90 Å². The highest BCUT2D eigenvalue weighted by Gasteiger charge is 2.10. The van der Waals surface area contributed by atoms with Crippen molar-refractivity contribution < 1.29 is 5.11 Å². The van der Waals surface area contributed by atoms with Crippen LogP contribution in [0.5, 0.6) is 0 Å². The topological polar surface area (TPSA) is 23.5 Å². The van der Waals surface area contributed by atoms with Crippen LogP contribution in [-0.4, -0.2) is 23.1 Å². The monoisotopic (exact) mass is 86.1 g/mol. The molecule has 0 amide bonds. The SMILES string of the molecule is O[CH]N1CCC1. The number of hydrogen-bond acceptors (Lipinski definition) is 2. The number of hydrogen-bond donors (Lipinski definition) is 1. The summed E-state index contributed by atoms with van der Waals surface area (Å²) in [6, 6.07) is 0. The highest BCUT2D eigenvalue weighted by molar-refractivity contribution is 4.68. The molecule has 2 nitrogen and oxygen atoms in total. The van der Waals surface area contributed by atoms with Crippen molar-refractivity contribution in [3.05, 3.63) is 6.73 Å². The van der Waals surface area contributed by atoms with E-state index in [0.717, 1.165) is 19.8 Å². The van der Waals surface area contributed by atoms with Crippen LogP contribution < -0.4 is 0 Å². The molecule has 0 aromatic carbocycles. The van der Waals surface area contributed by atoms with Crippen molar-refractivity contribution in [2.75, 3.05) is 13.1 Å². The van der Waals surface area contributed by atoms with Crippen molar-refractivity contribution in [2.45, 2.75) is 6.42 Å². The van der Waals surface area contributed by atoms with Crippen molar-refractivity contribution in [1.29, 1.82) is 0 Å². The quantitative estimate of drug-likeness (QED) is 0.492. The molecule has 0 unspecified atom stereocenters. The zero-order valence-corrected chi connectivity index (χ0v) is 3.59. The van der Waals surface area contributed by atoms with E-state index in [1.165, 1.54) is 6.42 Å². The summed E-state index contributed by atoms with van der Waals surface area (Å²) in [4.78, 5) is 1.86. The maximum atomic E-state index is 8.19. The second-order valence-corrected chi connectivity index (χ2v) is 1.50. The van der Waals surface area contributed by atoms with E-state index in [9.17, 15) is 0 Å². The summed E-state index contributed by atoms with van der Waals surface area (Å²) in [5.74, 6) is 0. The van der Waals surface area contributed by atoms with Gasteiger partial charge in [-0.25, -0.2) is 0 Å². The molecule has 1 rings (SSSR count). The van der Waals surface area contributed by atoms with Crippen molar-refractivity contribution in [3.63, 3.8) is 0 Å². The molecule has 0 aromatic rings. The van der Waals surface area contributed by atoms with E-state index in [-0.39, 0.29) is 0 Å². The number of aliphatic hydroxyl groups is 1. The van der Waals surface area contributed by atoms with Crippen LogP contribution in [0, 0.1) is 6.73 Å². The number of likely N-dealkylation sites (tertiary alicyclic amines) is 1. The zero-order chi connectivity index (χ0) is 4.41. The van der Waals surface area contributed by atoms with Gasteiger partial charge in [-0.15, -0.1) is 0 Å². The summed E-state index contributed by atoms with van der Waals surface area (Å²) in [6.07, 6.45) is 1.23. The molecular formula is C4H8NO. The van der Waals surface area contributed by atoms with Crippen LogP contribution >= 0.6 is 0 Å². The molecule has 1 aliphatic rings. The first-order chi connectivity index (χ1) is 2.93. The first-order valence-electron chi connectivity index (χ1n) is 2.15. The Kier molecular flexibility index (Phi) is 1.08. The molecule has 0 spiro atoms. The van der Waals surface area contributed by atoms with Gasteiger partial charge in [0.2, 0.25) is 0 Å². The lowest BCUT2D eigenvalue weighted by Crippen LogP contribution is -2.34. The normalized spacial score (nSPS) is 23.5. The minimum Gasteiger partial charge on any atom is -0.374 e. The minimum absolute atomic E-state index is 1.04. The Bertz CT molecular complexity index is 40.1. The summed E-state index contributed by atoms with van der Waals surface area (Å²) in [6.45, 7) is 3.22. The summed E-state index contributed by atoms with van der Waals surface area (Å²) in [7, 11) is 0. The average molecular weight is 86.1 g/mol. The van der Waals surface area contributed by atoms with Crippen LogP contribution in [-0.2, 0) is 0 Å². The zero-order valence-electron chi connectivity index (χ0n) is 3.59. The predicted octanol–water partition coefficient (Wildman–Crippen LogP) is 0.184. The van der Waals surface area contributed by atoms with Gasteiger partial charge < -0.3 is 5.11 Å². The maximum absolute atomic E-state index is 8.19. The summed E-state index contributed by atoms with van der Waals surface area (Å²) >= 11 is 0. The van der Waals surface area contributed by atoms with Crippen LogP contribution in [0.25, 0.3) is 0 Å². The predicted molar refractivity (Wildman–Crippen MR) is 22.4 cm³/mol.